The normalized spacial score (nSPS) is 9.83. The molecule has 3 nitrogen and oxygen atoms in total. The zero-order valence-electron chi connectivity index (χ0n) is 6.40. The largest absolute Gasteiger partial charge is 2.00 e. The van der Waals surface area contributed by atoms with E-state index in [0.29, 0.717) is 6.42 Å². The minimum Gasteiger partial charge on any atom is -1.00 e. The van der Waals surface area contributed by atoms with E-state index in [2.05, 4.69) is 0 Å². The summed E-state index contributed by atoms with van der Waals surface area (Å²) in [6, 6.07) is -0.794. The third-order valence-electron chi connectivity index (χ3n) is 0.936. The van der Waals surface area contributed by atoms with Gasteiger partial charge < -0.3 is 28.0 Å². The first kappa shape index (κ1) is 23.1. The number of carboxylic acid groups (broad SMARTS) is 1. The van der Waals surface area contributed by atoms with Crippen molar-refractivity contribution in [3.8, 4) is 0 Å². The molecule has 0 rings (SSSR count). The number of carbonyl (C=O) groups is 1. The Morgan fingerprint density at radius 1 is 1.67 bits per heavy atom. The van der Waals surface area contributed by atoms with Crippen LogP contribution in [0.25, 0.3) is 0 Å². The Bertz CT molecular complexity index is 109. The summed E-state index contributed by atoms with van der Waals surface area (Å²) in [4.78, 5) is 9.96. The summed E-state index contributed by atoms with van der Waals surface area (Å²) in [6.45, 7) is 0. The van der Waals surface area contributed by atoms with Gasteiger partial charge >= 0.3 is 21.1 Å². The summed E-state index contributed by atoms with van der Waals surface area (Å²) >= 11 is 1.58. The van der Waals surface area contributed by atoms with Gasteiger partial charge in [-0.05, 0) is 18.4 Å². The fraction of sp³-hybridized carbons (Fsp3) is 0.800. The second-order valence-corrected chi connectivity index (χ2v) is 2.69. The molecule has 1 atom stereocenters. The SMILES string of the molecule is CSCCC(N)C(=O)[O-].Cl.[Cl-].[Pt+2]. The van der Waals surface area contributed by atoms with Gasteiger partial charge in [-0.15, -0.1) is 12.4 Å². The second-order valence-electron chi connectivity index (χ2n) is 1.71. The van der Waals surface area contributed by atoms with Crippen LogP contribution in [0.3, 0.4) is 0 Å². The molecule has 0 saturated heterocycles. The molecule has 0 aliphatic rings. The third kappa shape index (κ3) is 13.6. The van der Waals surface area contributed by atoms with Crippen LogP contribution in [0, 0.1) is 0 Å². The van der Waals surface area contributed by atoms with Gasteiger partial charge in [-0.2, -0.15) is 11.8 Å². The molecule has 0 bridgehead atoms. The van der Waals surface area contributed by atoms with Crippen molar-refractivity contribution in [2.45, 2.75) is 12.5 Å². The van der Waals surface area contributed by atoms with Crippen LogP contribution >= 0.6 is 24.2 Å². The zero-order chi connectivity index (χ0) is 7.28. The van der Waals surface area contributed by atoms with Crippen LogP contribution in [0.4, 0.5) is 0 Å². The number of hydrogen-bond acceptors (Lipinski definition) is 4. The summed E-state index contributed by atoms with van der Waals surface area (Å²) in [6.07, 6.45) is 2.39. The molecule has 0 radical (unpaired) electrons. The molecule has 0 amide bonds. The number of rotatable bonds is 4. The maximum atomic E-state index is 9.96. The fourth-order valence-corrected chi connectivity index (χ4v) is 0.852. The Kier molecular flexibility index (Phi) is 28.1. The van der Waals surface area contributed by atoms with Gasteiger partial charge in [-0.25, -0.2) is 0 Å². The van der Waals surface area contributed by atoms with Crippen LogP contribution in [0.2, 0.25) is 0 Å². The van der Waals surface area contributed by atoms with Crippen molar-refractivity contribution in [2.75, 3.05) is 12.0 Å². The van der Waals surface area contributed by atoms with Crippen molar-refractivity contribution in [1.82, 2.24) is 0 Å². The summed E-state index contributed by atoms with van der Waals surface area (Å²) < 4.78 is 0. The average molecular weight is 415 g/mol. The molecule has 0 fully saturated rings. The van der Waals surface area contributed by atoms with E-state index in [1.807, 2.05) is 6.26 Å². The molecular formula is C5H11Cl2NO2PtS. The van der Waals surface area contributed by atoms with Gasteiger partial charge in [-0.1, -0.05) is 0 Å². The molecule has 0 aliphatic heterocycles. The fourth-order valence-electron chi connectivity index (χ4n) is 0.363. The van der Waals surface area contributed by atoms with E-state index in [9.17, 15) is 9.90 Å². The van der Waals surface area contributed by atoms with Crippen molar-refractivity contribution in [3.05, 3.63) is 0 Å². The van der Waals surface area contributed by atoms with Gasteiger partial charge in [0, 0.05) is 6.04 Å². The summed E-state index contributed by atoms with van der Waals surface area (Å²) in [5.41, 5.74) is 5.13. The van der Waals surface area contributed by atoms with Gasteiger partial charge in [-0.3, -0.25) is 0 Å². The van der Waals surface area contributed by atoms with Crippen molar-refractivity contribution < 1.29 is 43.4 Å². The van der Waals surface area contributed by atoms with E-state index in [4.69, 9.17) is 5.73 Å². The molecule has 0 heterocycles. The predicted molar refractivity (Wildman–Crippen MR) is 43.2 cm³/mol. The molecule has 0 aliphatic carbocycles. The van der Waals surface area contributed by atoms with Crippen molar-refractivity contribution in [3.63, 3.8) is 0 Å². The van der Waals surface area contributed by atoms with E-state index < -0.39 is 12.0 Å². The number of carbonyl (C=O) groups excluding carboxylic acids is 1. The molecule has 78 valence electrons. The number of aliphatic carboxylic acids is 1. The Hall–Kier alpha value is 1.05. The number of thioether (sulfide) groups is 1. The first-order valence-electron chi connectivity index (χ1n) is 2.64. The Balaban J connectivity index is -0.000000107. The van der Waals surface area contributed by atoms with E-state index in [1.165, 1.54) is 0 Å². The molecule has 0 aromatic heterocycles. The number of hydrogen-bond donors (Lipinski definition) is 1. The summed E-state index contributed by atoms with van der Waals surface area (Å²) in [5, 5.41) is 9.96. The molecule has 0 saturated carbocycles. The number of carboxylic acids is 1. The van der Waals surface area contributed by atoms with Crippen molar-refractivity contribution >= 4 is 30.1 Å². The number of nitrogens with two attached hydrogens (primary N) is 1. The maximum Gasteiger partial charge on any atom is 2.00 e. The topological polar surface area (TPSA) is 66.2 Å². The van der Waals surface area contributed by atoms with E-state index in [0.717, 1.165) is 5.75 Å². The van der Waals surface area contributed by atoms with Gasteiger partial charge in [0.25, 0.3) is 0 Å². The van der Waals surface area contributed by atoms with E-state index in [-0.39, 0.29) is 45.9 Å². The minimum atomic E-state index is -1.16. The molecule has 0 aromatic rings. The molecule has 12 heavy (non-hydrogen) atoms. The van der Waals surface area contributed by atoms with Crippen LogP contribution in [0.1, 0.15) is 6.42 Å². The van der Waals surface area contributed by atoms with Crippen LogP contribution in [-0.2, 0) is 25.9 Å². The monoisotopic (exact) mass is 414 g/mol. The van der Waals surface area contributed by atoms with E-state index in [1.54, 1.807) is 11.8 Å². The smallest absolute Gasteiger partial charge is 1.00 e. The standard InChI is InChI=1S/C5H11NO2S.2ClH.Pt/c1-9-3-2-4(6)5(7)8;;;/h4H,2-3,6H2,1H3,(H,7,8);2*1H;/q;;;+2/p-2. The Morgan fingerprint density at radius 2 is 2.08 bits per heavy atom. The van der Waals surface area contributed by atoms with Crippen LogP contribution in [0.5, 0.6) is 0 Å². The minimum absolute atomic E-state index is 0. The molecule has 7 heteroatoms. The van der Waals surface area contributed by atoms with Gasteiger partial charge in [0.1, 0.15) is 0 Å². The first-order valence-corrected chi connectivity index (χ1v) is 4.03. The van der Waals surface area contributed by atoms with Crippen LogP contribution < -0.4 is 23.2 Å². The molecular weight excluding hydrogens is 404 g/mol. The molecule has 0 aromatic carbocycles. The van der Waals surface area contributed by atoms with Crippen LogP contribution in [-0.4, -0.2) is 24.0 Å². The molecule has 2 N–H and O–H groups in total. The maximum absolute atomic E-state index is 9.96. The van der Waals surface area contributed by atoms with Gasteiger partial charge in [0.05, 0.1) is 5.97 Å². The van der Waals surface area contributed by atoms with Crippen molar-refractivity contribution in [1.29, 1.82) is 0 Å². The Labute approximate surface area is 103 Å². The van der Waals surface area contributed by atoms with Gasteiger partial charge in [0.15, 0.2) is 0 Å². The second kappa shape index (κ2) is 14.6. The van der Waals surface area contributed by atoms with Crippen molar-refractivity contribution in [2.24, 2.45) is 5.73 Å². The summed E-state index contributed by atoms with van der Waals surface area (Å²) in [7, 11) is 0. The van der Waals surface area contributed by atoms with Gasteiger partial charge in [0.2, 0.25) is 0 Å². The average Bonchev–Trinajstić information content (AvgIpc) is 1.82. The number of halogens is 2. The first-order chi connectivity index (χ1) is 4.18. The third-order valence-corrected chi connectivity index (χ3v) is 1.58. The zero-order valence-corrected chi connectivity index (χ0v) is 11.1. The quantitative estimate of drug-likeness (QED) is 0.513. The predicted octanol–water partition coefficient (Wildman–Crippen LogP) is -3.76. The molecule has 1 unspecified atom stereocenters. The van der Waals surface area contributed by atoms with Crippen LogP contribution in [0.15, 0.2) is 0 Å². The summed E-state index contributed by atoms with van der Waals surface area (Å²) in [5.74, 6) is -0.390. The molecule has 0 spiro atoms. The van der Waals surface area contributed by atoms with E-state index >= 15 is 0 Å². The Morgan fingerprint density at radius 3 is 2.33 bits per heavy atom.